The minimum Gasteiger partial charge on any atom is -0.371 e. The third-order valence-electron chi connectivity index (χ3n) is 2.34. The van der Waals surface area contributed by atoms with Gasteiger partial charge in [0.05, 0.1) is 12.2 Å². The van der Waals surface area contributed by atoms with Gasteiger partial charge in [0.15, 0.2) is 0 Å². The molecule has 0 aromatic carbocycles. The zero-order valence-electron chi connectivity index (χ0n) is 10.6. The molecule has 94 valence electrons. The zero-order valence-corrected chi connectivity index (χ0v) is 10.6. The summed E-state index contributed by atoms with van der Waals surface area (Å²) in [6, 6.07) is -0.150. The lowest BCUT2D eigenvalue weighted by atomic mass is 10.1. The van der Waals surface area contributed by atoms with Crippen LogP contribution in [0.15, 0.2) is 0 Å². The van der Waals surface area contributed by atoms with Crippen molar-refractivity contribution in [2.45, 2.75) is 38.8 Å². The van der Waals surface area contributed by atoms with Gasteiger partial charge in [-0.15, -0.1) is 0 Å². The summed E-state index contributed by atoms with van der Waals surface area (Å²) in [6.45, 7) is 10.7. The summed E-state index contributed by atoms with van der Waals surface area (Å²) in [6.07, 6.45) is 0. The third kappa shape index (κ3) is 4.81. The van der Waals surface area contributed by atoms with Gasteiger partial charge >= 0.3 is 6.03 Å². The molecule has 16 heavy (non-hydrogen) atoms. The van der Waals surface area contributed by atoms with Crippen LogP contribution >= 0.6 is 0 Å². The molecule has 2 amide bonds. The van der Waals surface area contributed by atoms with E-state index >= 15 is 0 Å². The van der Waals surface area contributed by atoms with Gasteiger partial charge in [0.1, 0.15) is 0 Å². The van der Waals surface area contributed by atoms with Crippen LogP contribution in [0.5, 0.6) is 0 Å². The lowest BCUT2D eigenvalue weighted by Crippen LogP contribution is -2.56. The lowest BCUT2D eigenvalue weighted by molar-refractivity contribution is -0.0490. The van der Waals surface area contributed by atoms with Crippen LogP contribution in [0, 0.1) is 0 Å². The van der Waals surface area contributed by atoms with Gasteiger partial charge in [-0.05, 0) is 27.7 Å². The maximum Gasteiger partial charge on any atom is 0.315 e. The monoisotopic (exact) mass is 229 g/mol. The quantitative estimate of drug-likeness (QED) is 0.645. The smallest absolute Gasteiger partial charge is 0.315 e. The van der Waals surface area contributed by atoms with Gasteiger partial charge < -0.3 is 20.7 Å². The highest BCUT2D eigenvalue weighted by atomic mass is 16.5. The van der Waals surface area contributed by atoms with E-state index in [1.54, 1.807) is 0 Å². The highest BCUT2D eigenvalue weighted by Gasteiger charge is 2.28. The van der Waals surface area contributed by atoms with Crippen LogP contribution in [0.3, 0.4) is 0 Å². The second kappa shape index (κ2) is 5.01. The van der Waals surface area contributed by atoms with Crippen molar-refractivity contribution in [3.05, 3.63) is 0 Å². The van der Waals surface area contributed by atoms with Gasteiger partial charge in [0, 0.05) is 25.2 Å². The molecule has 1 atom stereocenters. The Bertz CT molecular complexity index is 242. The second-order valence-electron chi connectivity index (χ2n) is 5.53. The molecule has 1 aliphatic rings. The molecule has 1 saturated heterocycles. The molecular formula is C11H23N3O2. The highest BCUT2D eigenvalue weighted by Crippen LogP contribution is 2.10. The lowest BCUT2D eigenvalue weighted by Gasteiger charge is -2.34. The average Bonchev–Trinajstić information content (AvgIpc) is 2.14. The van der Waals surface area contributed by atoms with Crippen LogP contribution in [-0.4, -0.2) is 43.4 Å². The number of carbonyl (C=O) groups excluding carboxylic acids is 1. The summed E-state index contributed by atoms with van der Waals surface area (Å²) in [4.78, 5) is 11.5. The Morgan fingerprint density at radius 2 is 2.19 bits per heavy atom. The minimum absolute atomic E-state index is 0.150. The van der Waals surface area contributed by atoms with E-state index in [0.29, 0.717) is 13.2 Å². The Kier molecular flexibility index (Phi) is 4.15. The third-order valence-corrected chi connectivity index (χ3v) is 2.34. The van der Waals surface area contributed by atoms with Crippen LogP contribution < -0.4 is 16.0 Å². The second-order valence-corrected chi connectivity index (χ2v) is 5.53. The molecule has 0 saturated carbocycles. The molecule has 0 aromatic rings. The maximum absolute atomic E-state index is 11.5. The van der Waals surface area contributed by atoms with E-state index in [2.05, 4.69) is 16.0 Å². The Labute approximate surface area is 97.3 Å². The van der Waals surface area contributed by atoms with E-state index in [-0.39, 0.29) is 17.2 Å². The standard InChI is InChI=1S/C11H23N3O2/c1-10(2,3)14-9(15)13-8-11(4)7-12-5-6-16-11/h12H,5-8H2,1-4H3,(H2,13,14,15). The fourth-order valence-electron chi connectivity index (χ4n) is 1.54. The molecule has 0 radical (unpaired) electrons. The summed E-state index contributed by atoms with van der Waals surface area (Å²) < 4.78 is 5.64. The van der Waals surface area contributed by atoms with Crippen LogP contribution in [0.2, 0.25) is 0 Å². The zero-order chi connectivity index (χ0) is 12.2. The average molecular weight is 229 g/mol. The highest BCUT2D eigenvalue weighted by molar-refractivity contribution is 5.74. The first kappa shape index (κ1) is 13.3. The maximum atomic E-state index is 11.5. The molecule has 1 heterocycles. The van der Waals surface area contributed by atoms with Crippen LogP contribution in [-0.2, 0) is 4.74 Å². The Morgan fingerprint density at radius 3 is 2.69 bits per heavy atom. The molecule has 0 spiro atoms. The molecule has 1 unspecified atom stereocenters. The van der Waals surface area contributed by atoms with E-state index < -0.39 is 0 Å². The minimum atomic E-state index is -0.298. The Morgan fingerprint density at radius 1 is 1.50 bits per heavy atom. The molecule has 1 rings (SSSR count). The van der Waals surface area contributed by atoms with Crippen molar-refractivity contribution in [2.75, 3.05) is 26.2 Å². The molecule has 5 heteroatoms. The summed E-state index contributed by atoms with van der Waals surface area (Å²) in [5.74, 6) is 0. The first-order valence-corrected chi connectivity index (χ1v) is 5.71. The van der Waals surface area contributed by atoms with E-state index in [1.165, 1.54) is 0 Å². The normalized spacial score (nSPS) is 26.2. The number of morpholine rings is 1. The van der Waals surface area contributed by atoms with Crippen molar-refractivity contribution in [2.24, 2.45) is 0 Å². The molecule has 3 N–H and O–H groups in total. The largest absolute Gasteiger partial charge is 0.371 e. The fourth-order valence-corrected chi connectivity index (χ4v) is 1.54. The summed E-state index contributed by atoms with van der Waals surface area (Å²) in [7, 11) is 0. The van der Waals surface area contributed by atoms with Gasteiger partial charge in [-0.25, -0.2) is 4.79 Å². The molecule has 5 nitrogen and oxygen atoms in total. The van der Waals surface area contributed by atoms with E-state index in [0.717, 1.165) is 13.1 Å². The van der Waals surface area contributed by atoms with Crippen LogP contribution in [0.25, 0.3) is 0 Å². The van der Waals surface area contributed by atoms with Gasteiger partial charge in [-0.3, -0.25) is 0 Å². The molecule has 1 aliphatic heterocycles. The van der Waals surface area contributed by atoms with E-state index in [1.807, 2.05) is 27.7 Å². The van der Waals surface area contributed by atoms with Crippen molar-refractivity contribution in [1.29, 1.82) is 0 Å². The molecule has 0 aromatic heterocycles. The van der Waals surface area contributed by atoms with E-state index in [4.69, 9.17) is 4.74 Å². The number of hydrogen-bond donors (Lipinski definition) is 3. The number of hydrogen-bond acceptors (Lipinski definition) is 3. The summed E-state index contributed by atoms with van der Waals surface area (Å²) >= 11 is 0. The first-order valence-electron chi connectivity index (χ1n) is 5.71. The SMILES string of the molecule is CC(C)(C)NC(=O)NCC1(C)CNCCO1. The van der Waals surface area contributed by atoms with Gasteiger partial charge in [-0.1, -0.05) is 0 Å². The van der Waals surface area contributed by atoms with Crippen LogP contribution in [0.1, 0.15) is 27.7 Å². The number of nitrogens with one attached hydrogen (secondary N) is 3. The van der Waals surface area contributed by atoms with Crippen molar-refractivity contribution >= 4 is 6.03 Å². The number of urea groups is 1. The molecule has 0 bridgehead atoms. The predicted octanol–water partition coefficient (Wildman–Crippen LogP) is 0.463. The van der Waals surface area contributed by atoms with Gasteiger partial charge in [0.2, 0.25) is 0 Å². The topological polar surface area (TPSA) is 62.4 Å². The summed E-state index contributed by atoms with van der Waals surface area (Å²) in [5.41, 5.74) is -0.510. The Balaban J connectivity index is 2.30. The first-order chi connectivity index (χ1) is 7.31. The van der Waals surface area contributed by atoms with Gasteiger partial charge in [0.25, 0.3) is 0 Å². The van der Waals surface area contributed by atoms with Crippen molar-refractivity contribution in [1.82, 2.24) is 16.0 Å². The molecule has 0 aliphatic carbocycles. The summed E-state index contributed by atoms with van der Waals surface area (Å²) in [5, 5.41) is 8.93. The fraction of sp³-hybridized carbons (Fsp3) is 0.909. The van der Waals surface area contributed by atoms with Crippen molar-refractivity contribution in [3.8, 4) is 0 Å². The number of amides is 2. The van der Waals surface area contributed by atoms with E-state index in [9.17, 15) is 4.79 Å². The number of rotatable bonds is 2. The Hall–Kier alpha value is -0.810. The number of ether oxygens (including phenoxy) is 1. The number of carbonyl (C=O) groups is 1. The van der Waals surface area contributed by atoms with Crippen molar-refractivity contribution in [3.63, 3.8) is 0 Å². The predicted molar refractivity (Wildman–Crippen MR) is 63.5 cm³/mol. The van der Waals surface area contributed by atoms with Gasteiger partial charge in [-0.2, -0.15) is 0 Å². The molecule has 1 fully saturated rings. The molecular weight excluding hydrogens is 206 g/mol. The van der Waals surface area contributed by atoms with Crippen molar-refractivity contribution < 1.29 is 9.53 Å². The van der Waals surface area contributed by atoms with Crippen LogP contribution in [0.4, 0.5) is 4.79 Å².